The van der Waals surface area contributed by atoms with E-state index in [9.17, 15) is 23.3 Å². The van der Waals surface area contributed by atoms with Crippen molar-refractivity contribution in [2.45, 2.75) is 6.18 Å². The van der Waals surface area contributed by atoms with Gasteiger partial charge in [0.1, 0.15) is 12.2 Å². The highest BCUT2D eigenvalue weighted by molar-refractivity contribution is 5.46. The third-order valence-electron chi connectivity index (χ3n) is 1.93. The summed E-state index contributed by atoms with van der Waals surface area (Å²) in [7, 11) is 0. The number of hydrogen-bond acceptors (Lipinski definition) is 2. The summed E-state index contributed by atoms with van der Waals surface area (Å²) in [4.78, 5) is 10.6. The van der Waals surface area contributed by atoms with Crippen LogP contribution in [0.2, 0.25) is 0 Å². The Balaban J connectivity index is 3.01. The summed E-state index contributed by atoms with van der Waals surface area (Å²) in [5, 5.41) is 10.4. The van der Waals surface area contributed by atoms with Crippen LogP contribution in [-0.2, 0) is 6.18 Å². The summed E-state index contributed by atoms with van der Waals surface area (Å²) in [5.41, 5.74) is -0.869. The molecule has 0 bridgehead atoms. The fraction of sp³-hybridized carbons (Fsp3) is 0.200. The molecule has 0 amide bonds. The Morgan fingerprint density at radius 2 is 1.88 bits per heavy atom. The Morgan fingerprint density at radius 1 is 1.35 bits per heavy atom. The maximum Gasteiger partial charge on any atom is 0.416 e. The van der Waals surface area contributed by atoms with E-state index >= 15 is 0 Å². The zero-order valence-corrected chi connectivity index (χ0v) is 8.44. The average molecular weight is 244 g/mol. The van der Waals surface area contributed by atoms with E-state index in [4.69, 9.17) is 6.42 Å². The lowest BCUT2D eigenvalue weighted by molar-refractivity contribution is -0.492. The van der Waals surface area contributed by atoms with Crippen LogP contribution in [0.25, 0.3) is 0 Å². The van der Waals surface area contributed by atoms with Gasteiger partial charge in [0.05, 0.1) is 5.56 Å². The minimum atomic E-state index is -4.47. The first kappa shape index (κ1) is 12.8. The first-order chi connectivity index (χ1) is 7.86. The second-order valence-electron chi connectivity index (χ2n) is 3.04. The molecule has 0 atom stereocenters. The molecule has 17 heavy (non-hydrogen) atoms. The number of benzene rings is 1. The maximum absolute atomic E-state index is 12.2. The van der Waals surface area contributed by atoms with Crippen LogP contribution in [0.5, 0.6) is 0 Å². The summed E-state index contributed by atoms with van der Waals surface area (Å²) in [6.07, 6.45) is 0.459. The maximum atomic E-state index is 12.2. The van der Waals surface area contributed by atoms with Crippen molar-refractivity contribution in [1.29, 1.82) is 0 Å². The van der Waals surface area contributed by atoms with Gasteiger partial charge in [-0.15, -0.1) is 6.42 Å². The van der Waals surface area contributed by atoms with Crippen LogP contribution in [0.4, 0.5) is 18.9 Å². The van der Waals surface area contributed by atoms with Gasteiger partial charge in [0.2, 0.25) is 0 Å². The molecule has 4 nitrogen and oxygen atoms in total. The molecule has 1 aromatic carbocycles. The van der Waals surface area contributed by atoms with Gasteiger partial charge >= 0.3 is 6.18 Å². The fourth-order valence-corrected chi connectivity index (χ4v) is 1.15. The molecule has 0 saturated carbocycles. The zero-order chi connectivity index (χ0) is 13.1. The van der Waals surface area contributed by atoms with Gasteiger partial charge in [0.25, 0.3) is 0 Å². The van der Waals surface area contributed by atoms with Crippen molar-refractivity contribution in [1.82, 2.24) is 0 Å². The van der Waals surface area contributed by atoms with Gasteiger partial charge in [0.15, 0.2) is 5.03 Å². The number of alkyl halides is 3. The van der Waals surface area contributed by atoms with E-state index in [0.717, 1.165) is 24.3 Å². The van der Waals surface area contributed by atoms with Crippen molar-refractivity contribution >= 4 is 5.69 Å². The Labute approximate surface area is 94.8 Å². The van der Waals surface area contributed by atoms with Gasteiger partial charge in [-0.25, -0.2) is 10.1 Å². The van der Waals surface area contributed by atoms with Crippen LogP contribution in [0.1, 0.15) is 5.56 Å². The summed E-state index contributed by atoms with van der Waals surface area (Å²) in [5.74, 6) is 2.05. The topological polar surface area (TPSA) is 46.4 Å². The number of nitro groups is 1. The molecule has 0 spiro atoms. The van der Waals surface area contributed by atoms with E-state index in [0.29, 0.717) is 5.01 Å². The lowest BCUT2D eigenvalue weighted by Crippen LogP contribution is -2.30. The first-order valence-electron chi connectivity index (χ1n) is 4.39. The molecule has 0 radical (unpaired) electrons. The third-order valence-corrected chi connectivity index (χ3v) is 1.93. The molecule has 0 N–H and O–H groups in total. The number of halogens is 3. The number of nitrogens with zero attached hydrogens (tertiary/aromatic N) is 2. The van der Waals surface area contributed by atoms with Crippen molar-refractivity contribution in [3.8, 4) is 12.3 Å². The standard InChI is InChI=1S/C10H7F3N2O2/c1-2-7-14(15(16)17)9-5-3-8(4-6-9)10(11,12)13/h1,3-6H,7H2. The monoisotopic (exact) mass is 244 g/mol. The van der Waals surface area contributed by atoms with Gasteiger partial charge in [-0.2, -0.15) is 13.2 Å². The number of rotatable bonds is 3. The highest BCUT2D eigenvalue weighted by Crippen LogP contribution is 2.30. The van der Waals surface area contributed by atoms with Crippen LogP contribution in [0.15, 0.2) is 24.3 Å². The number of anilines is 1. The first-order valence-corrected chi connectivity index (χ1v) is 4.39. The molecular weight excluding hydrogens is 237 g/mol. The molecule has 0 aliphatic rings. The van der Waals surface area contributed by atoms with Gasteiger partial charge < -0.3 is 0 Å². The minimum Gasteiger partial charge on any atom is -0.234 e. The predicted molar refractivity (Wildman–Crippen MR) is 54.6 cm³/mol. The van der Waals surface area contributed by atoms with E-state index in [-0.39, 0.29) is 12.2 Å². The lowest BCUT2D eigenvalue weighted by Gasteiger charge is -2.12. The molecule has 90 valence electrons. The number of terminal acetylenes is 1. The molecule has 1 aromatic rings. The van der Waals surface area contributed by atoms with Crippen molar-refractivity contribution < 1.29 is 18.2 Å². The van der Waals surface area contributed by atoms with E-state index in [1.165, 1.54) is 0 Å². The quantitative estimate of drug-likeness (QED) is 0.465. The molecule has 0 aliphatic carbocycles. The van der Waals surface area contributed by atoms with E-state index < -0.39 is 16.8 Å². The van der Waals surface area contributed by atoms with Crippen molar-refractivity contribution in [3.63, 3.8) is 0 Å². The summed E-state index contributed by atoms with van der Waals surface area (Å²) in [6, 6.07) is 3.54. The fourth-order valence-electron chi connectivity index (χ4n) is 1.15. The van der Waals surface area contributed by atoms with Crippen LogP contribution in [0.3, 0.4) is 0 Å². The van der Waals surface area contributed by atoms with Crippen molar-refractivity contribution in [2.75, 3.05) is 11.6 Å². The lowest BCUT2D eigenvalue weighted by atomic mass is 10.2. The average Bonchev–Trinajstić information content (AvgIpc) is 2.24. The van der Waals surface area contributed by atoms with Gasteiger partial charge in [-0.1, -0.05) is 10.9 Å². The number of hydrazine groups is 1. The molecule has 0 aromatic heterocycles. The molecule has 0 unspecified atom stereocenters. The summed E-state index contributed by atoms with van der Waals surface area (Å²) >= 11 is 0. The second kappa shape index (κ2) is 4.74. The number of hydrogen-bond donors (Lipinski definition) is 0. The van der Waals surface area contributed by atoms with Crippen LogP contribution in [-0.4, -0.2) is 11.6 Å². The Morgan fingerprint density at radius 3 is 2.24 bits per heavy atom. The Hall–Kier alpha value is -2.23. The normalized spacial score (nSPS) is 10.7. The van der Waals surface area contributed by atoms with E-state index in [1.807, 2.05) is 0 Å². The van der Waals surface area contributed by atoms with E-state index in [2.05, 4.69) is 5.92 Å². The third kappa shape index (κ3) is 3.11. The highest BCUT2D eigenvalue weighted by Gasteiger charge is 2.30. The Kier molecular flexibility index (Phi) is 3.58. The zero-order valence-electron chi connectivity index (χ0n) is 8.44. The summed E-state index contributed by atoms with van der Waals surface area (Å²) < 4.78 is 36.7. The second-order valence-corrected chi connectivity index (χ2v) is 3.04. The molecule has 7 heteroatoms. The predicted octanol–water partition coefficient (Wildman–Crippen LogP) is 2.34. The molecule has 0 fully saturated rings. The van der Waals surface area contributed by atoms with Gasteiger partial charge in [-0.05, 0) is 24.3 Å². The molecule has 1 rings (SSSR count). The van der Waals surface area contributed by atoms with Crippen LogP contribution < -0.4 is 5.01 Å². The molecular formula is C10H7F3N2O2. The molecule has 0 aliphatic heterocycles. The smallest absolute Gasteiger partial charge is 0.234 e. The van der Waals surface area contributed by atoms with Gasteiger partial charge in [-0.3, -0.25) is 0 Å². The van der Waals surface area contributed by atoms with E-state index in [1.54, 1.807) is 0 Å². The SMILES string of the molecule is C#CCN(c1ccc(C(F)(F)F)cc1)[N+](=O)[O-]. The largest absolute Gasteiger partial charge is 0.416 e. The van der Waals surface area contributed by atoms with Crippen LogP contribution in [0, 0.1) is 22.5 Å². The van der Waals surface area contributed by atoms with Crippen molar-refractivity contribution in [3.05, 3.63) is 39.9 Å². The molecule has 0 heterocycles. The Bertz CT molecular complexity index is 448. The van der Waals surface area contributed by atoms with Crippen molar-refractivity contribution in [2.24, 2.45) is 0 Å². The molecule has 0 saturated heterocycles. The highest BCUT2D eigenvalue weighted by atomic mass is 19.4. The van der Waals surface area contributed by atoms with Gasteiger partial charge in [0, 0.05) is 0 Å². The minimum absolute atomic E-state index is 0.000880. The summed E-state index contributed by atoms with van der Waals surface area (Å²) in [6.45, 7) is -0.321. The van der Waals surface area contributed by atoms with Crippen LogP contribution >= 0.6 is 0 Å².